The Hall–Kier alpha value is -2.60. The van der Waals surface area contributed by atoms with Crippen LogP contribution < -0.4 is 4.74 Å². The van der Waals surface area contributed by atoms with E-state index in [2.05, 4.69) is 4.74 Å². The van der Waals surface area contributed by atoms with Gasteiger partial charge in [0.2, 0.25) is 0 Å². The van der Waals surface area contributed by atoms with Crippen molar-refractivity contribution in [2.24, 2.45) is 0 Å². The molecule has 0 aromatic heterocycles. The van der Waals surface area contributed by atoms with Crippen LogP contribution >= 0.6 is 11.6 Å². The third kappa shape index (κ3) is 4.43. The van der Waals surface area contributed by atoms with Crippen LogP contribution in [0, 0.1) is 5.82 Å². The van der Waals surface area contributed by atoms with Gasteiger partial charge in [0.05, 0.1) is 17.7 Å². The number of carbonyl (C=O) groups excluding carboxylic acids is 2. The molecule has 3 rings (SSSR count). The van der Waals surface area contributed by atoms with E-state index < -0.39 is 17.9 Å². The van der Waals surface area contributed by atoms with Gasteiger partial charge in [-0.2, -0.15) is 0 Å². The lowest BCUT2D eigenvalue weighted by atomic mass is 9.99. The summed E-state index contributed by atoms with van der Waals surface area (Å²) in [5, 5.41) is 0.274. The van der Waals surface area contributed by atoms with E-state index in [9.17, 15) is 14.0 Å². The van der Waals surface area contributed by atoms with Crippen LogP contribution in [0.15, 0.2) is 36.4 Å². The normalized spacial score (nSPS) is 16.3. The zero-order chi connectivity index (χ0) is 22.1. The van der Waals surface area contributed by atoms with Crippen LogP contribution in [0.4, 0.5) is 4.39 Å². The molecule has 30 heavy (non-hydrogen) atoms. The Kier molecular flexibility index (Phi) is 6.36. The van der Waals surface area contributed by atoms with Gasteiger partial charge in [-0.1, -0.05) is 17.7 Å². The number of rotatable bonds is 5. The highest BCUT2D eigenvalue weighted by Gasteiger charge is 2.36. The Bertz CT molecular complexity index is 976. The summed E-state index contributed by atoms with van der Waals surface area (Å²) in [4.78, 5) is 26.5. The minimum atomic E-state index is -0.868. The predicted octanol–water partition coefficient (Wildman–Crippen LogP) is 5.10. The quantitative estimate of drug-likeness (QED) is 0.615. The van der Waals surface area contributed by atoms with Crippen LogP contribution in [0.2, 0.25) is 5.02 Å². The Morgan fingerprint density at radius 3 is 2.53 bits per heavy atom. The first kappa shape index (κ1) is 22.1. The van der Waals surface area contributed by atoms with Crippen LogP contribution in [0.25, 0.3) is 11.1 Å². The summed E-state index contributed by atoms with van der Waals surface area (Å²) in [6, 6.07) is 8.96. The Morgan fingerprint density at radius 2 is 1.93 bits per heavy atom. The van der Waals surface area contributed by atoms with Gasteiger partial charge in [0.15, 0.2) is 6.10 Å². The van der Waals surface area contributed by atoms with Gasteiger partial charge in [0.1, 0.15) is 11.6 Å². The summed E-state index contributed by atoms with van der Waals surface area (Å²) >= 11 is 6.46. The lowest BCUT2D eigenvalue weighted by Crippen LogP contribution is -2.42. The number of ether oxygens (including phenoxy) is 2. The van der Waals surface area contributed by atoms with Crippen LogP contribution in [-0.4, -0.2) is 42.1 Å². The Balaban J connectivity index is 1.94. The number of nitrogens with zero attached hydrogens (tertiary/aromatic N) is 1. The van der Waals surface area contributed by atoms with E-state index in [0.717, 1.165) is 12.8 Å². The second-order valence-electron chi connectivity index (χ2n) is 7.99. The molecule has 0 spiro atoms. The van der Waals surface area contributed by atoms with Gasteiger partial charge in [-0.05, 0) is 69.5 Å². The Labute approximate surface area is 180 Å². The van der Waals surface area contributed by atoms with E-state index in [1.54, 1.807) is 25.1 Å². The van der Waals surface area contributed by atoms with Gasteiger partial charge in [-0.3, -0.25) is 4.79 Å². The van der Waals surface area contributed by atoms with Crippen molar-refractivity contribution in [2.45, 2.75) is 45.3 Å². The van der Waals surface area contributed by atoms with Gasteiger partial charge in [-0.15, -0.1) is 0 Å². The third-order valence-corrected chi connectivity index (χ3v) is 5.75. The van der Waals surface area contributed by atoms with E-state index in [-0.39, 0.29) is 16.5 Å². The number of hydrogen-bond acceptors (Lipinski definition) is 4. The summed E-state index contributed by atoms with van der Waals surface area (Å²) in [5.74, 6) is -0.815. The SMILES string of the molecule is COC(=O)C(C)Oc1ccc(F)cc1-c1ccc(C(=O)N2CCCC2(C)C)c(Cl)c1. The number of amides is 1. The van der Waals surface area contributed by atoms with E-state index in [1.807, 2.05) is 18.7 Å². The molecular formula is C23H25ClFNO4. The maximum Gasteiger partial charge on any atom is 0.346 e. The van der Waals surface area contributed by atoms with Crippen molar-refractivity contribution in [1.29, 1.82) is 0 Å². The molecule has 0 radical (unpaired) electrons. The maximum absolute atomic E-state index is 14.0. The van der Waals surface area contributed by atoms with Gasteiger partial charge in [-0.25, -0.2) is 9.18 Å². The van der Waals surface area contributed by atoms with Gasteiger partial charge in [0, 0.05) is 17.6 Å². The summed E-state index contributed by atoms with van der Waals surface area (Å²) in [5.41, 5.74) is 1.18. The minimum Gasteiger partial charge on any atom is -0.478 e. The van der Waals surface area contributed by atoms with E-state index in [4.69, 9.17) is 16.3 Å². The zero-order valence-electron chi connectivity index (χ0n) is 17.5. The molecule has 1 unspecified atom stereocenters. The summed E-state index contributed by atoms with van der Waals surface area (Å²) < 4.78 is 24.3. The number of hydrogen-bond donors (Lipinski definition) is 0. The first-order valence-electron chi connectivity index (χ1n) is 9.80. The smallest absolute Gasteiger partial charge is 0.346 e. The molecule has 1 heterocycles. The first-order chi connectivity index (χ1) is 14.1. The topological polar surface area (TPSA) is 55.8 Å². The molecule has 1 aliphatic heterocycles. The van der Waals surface area contributed by atoms with Crippen LogP contribution in [-0.2, 0) is 9.53 Å². The van der Waals surface area contributed by atoms with Crippen molar-refractivity contribution >= 4 is 23.5 Å². The molecule has 2 aromatic carbocycles. The highest BCUT2D eigenvalue weighted by atomic mass is 35.5. The highest BCUT2D eigenvalue weighted by Crippen LogP contribution is 2.36. The monoisotopic (exact) mass is 433 g/mol. The number of likely N-dealkylation sites (tertiary alicyclic amines) is 1. The molecule has 2 aromatic rings. The van der Waals surface area contributed by atoms with E-state index in [0.29, 0.717) is 29.0 Å². The summed E-state index contributed by atoms with van der Waals surface area (Å²) in [6.07, 6.45) is 1.03. The fourth-order valence-corrected chi connectivity index (χ4v) is 3.98. The second kappa shape index (κ2) is 8.64. The summed E-state index contributed by atoms with van der Waals surface area (Å²) in [7, 11) is 1.27. The molecule has 7 heteroatoms. The molecule has 5 nitrogen and oxygen atoms in total. The van der Waals surface area contributed by atoms with Crippen molar-refractivity contribution in [3.63, 3.8) is 0 Å². The standard InChI is InChI=1S/C23H25ClFNO4/c1-14(22(28)29-4)30-20-9-7-16(25)13-18(20)15-6-8-17(19(24)12-15)21(27)26-11-5-10-23(26,2)3/h6-9,12-14H,5,10-11H2,1-4H3. The molecule has 160 valence electrons. The lowest BCUT2D eigenvalue weighted by Gasteiger charge is -2.32. The largest absolute Gasteiger partial charge is 0.478 e. The average molecular weight is 434 g/mol. The molecule has 0 bridgehead atoms. The molecule has 1 aliphatic rings. The molecule has 0 N–H and O–H groups in total. The second-order valence-corrected chi connectivity index (χ2v) is 8.40. The van der Waals surface area contributed by atoms with Crippen molar-refractivity contribution in [3.8, 4) is 16.9 Å². The van der Waals surface area contributed by atoms with Crippen molar-refractivity contribution < 1.29 is 23.5 Å². The Morgan fingerprint density at radius 1 is 1.20 bits per heavy atom. The molecule has 0 saturated carbocycles. The summed E-state index contributed by atoms with van der Waals surface area (Å²) in [6.45, 7) is 6.32. The number of methoxy groups -OCH3 is 1. The molecule has 1 atom stereocenters. The van der Waals surface area contributed by atoms with Crippen LogP contribution in [0.5, 0.6) is 5.75 Å². The average Bonchev–Trinajstić information content (AvgIpc) is 3.06. The van der Waals surface area contributed by atoms with Crippen molar-refractivity contribution in [2.75, 3.05) is 13.7 Å². The lowest BCUT2D eigenvalue weighted by molar-refractivity contribution is -0.147. The maximum atomic E-state index is 14.0. The number of benzene rings is 2. The van der Waals surface area contributed by atoms with Crippen LogP contribution in [0.1, 0.15) is 44.0 Å². The predicted molar refractivity (Wildman–Crippen MR) is 113 cm³/mol. The fourth-order valence-electron chi connectivity index (χ4n) is 3.72. The highest BCUT2D eigenvalue weighted by molar-refractivity contribution is 6.34. The first-order valence-corrected chi connectivity index (χ1v) is 10.2. The number of halogens is 2. The van der Waals surface area contributed by atoms with Crippen LogP contribution in [0.3, 0.4) is 0 Å². The molecule has 1 fully saturated rings. The van der Waals surface area contributed by atoms with Gasteiger partial charge >= 0.3 is 5.97 Å². The van der Waals surface area contributed by atoms with E-state index >= 15 is 0 Å². The third-order valence-electron chi connectivity index (χ3n) is 5.44. The van der Waals surface area contributed by atoms with Gasteiger partial charge < -0.3 is 14.4 Å². The molecular weight excluding hydrogens is 409 g/mol. The van der Waals surface area contributed by atoms with Crippen molar-refractivity contribution in [1.82, 2.24) is 4.90 Å². The van der Waals surface area contributed by atoms with Crippen molar-refractivity contribution in [3.05, 3.63) is 52.8 Å². The number of carbonyl (C=O) groups is 2. The zero-order valence-corrected chi connectivity index (χ0v) is 18.3. The van der Waals surface area contributed by atoms with E-state index in [1.165, 1.54) is 25.3 Å². The number of esters is 1. The molecule has 0 aliphatic carbocycles. The fraction of sp³-hybridized carbons (Fsp3) is 0.391. The van der Waals surface area contributed by atoms with Gasteiger partial charge in [0.25, 0.3) is 5.91 Å². The molecule has 1 amide bonds. The minimum absolute atomic E-state index is 0.121. The molecule has 1 saturated heterocycles.